The predicted octanol–water partition coefficient (Wildman–Crippen LogP) is 3.01. The topological polar surface area (TPSA) is 57.6 Å². The first-order valence-corrected chi connectivity index (χ1v) is 8.10. The zero-order valence-electron chi connectivity index (χ0n) is 13.4. The average Bonchev–Trinajstić information content (AvgIpc) is 2.54. The van der Waals surface area contributed by atoms with Crippen LogP contribution in [0.25, 0.3) is 0 Å². The van der Waals surface area contributed by atoms with Gasteiger partial charge in [-0.1, -0.05) is 31.2 Å². The molecular formula is C18H25NO3. The second kappa shape index (κ2) is 7.54. The van der Waals surface area contributed by atoms with Crippen molar-refractivity contribution in [3.8, 4) is 0 Å². The molecule has 1 aromatic rings. The molecule has 0 aliphatic carbocycles. The number of nitrogens with zero attached hydrogens (tertiary/aromatic N) is 1. The Bertz CT molecular complexity index is 516. The van der Waals surface area contributed by atoms with Gasteiger partial charge in [0, 0.05) is 18.0 Å². The van der Waals surface area contributed by atoms with Crippen molar-refractivity contribution in [3.63, 3.8) is 0 Å². The van der Waals surface area contributed by atoms with E-state index in [0.717, 1.165) is 25.1 Å². The molecule has 0 bridgehead atoms. The Morgan fingerprint density at radius 3 is 2.32 bits per heavy atom. The number of aliphatic carboxylic acids is 1. The summed E-state index contributed by atoms with van der Waals surface area (Å²) < 4.78 is 0. The molecule has 0 spiro atoms. The quantitative estimate of drug-likeness (QED) is 0.821. The van der Waals surface area contributed by atoms with Crippen LogP contribution in [0.15, 0.2) is 24.3 Å². The number of benzene rings is 1. The molecule has 4 nitrogen and oxygen atoms in total. The van der Waals surface area contributed by atoms with Crippen LogP contribution in [0, 0.1) is 5.92 Å². The number of Topliss-reactive ketones (excluding diaryl/α,β-unsaturated/α-hetero) is 1. The number of piperidine rings is 1. The maximum absolute atomic E-state index is 12.3. The lowest BCUT2D eigenvalue weighted by molar-refractivity contribution is -0.143. The molecule has 1 aromatic carbocycles. The summed E-state index contributed by atoms with van der Waals surface area (Å²) in [6, 6.07) is 8.00. The lowest BCUT2D eigenvalue weighted by Gasteiger charge is -2.34. The molecule has 1 atom stereocenters. The number of carbonyl (C=O) groups excluding carboxylic acids is 1. The van der Waals surface area contributed by atoms with Crippen molar-refractivity contribution in [1.29, 1.82) is 0 Å². The third kappa shape index (κ3) is 4.17. The Labute approximate surface area is 132 Å². The van der Waals surface area contributed by atoms with Gasteiger partial charge in [-0.15, -0.1) is 0 Å². The minimum absolute atomic E-state index is 0.160. The van der Waals surface area contributed by atoms with Gasteiger partial charge in [-0.2, -0.15) is 0 Å². The molecule has 1 N–H and O–H groups in total. The van der Waals surface area contributed by atoms with Crippen LogP contribution < -0.4 is 0 Å². The smallest absolute Gasteiger partial charge is 0.306 e. The Morgan fingerprint density at radius 1 is 1.23 bits per heavy atom. The van der Waals surface area contributed by atoms with Gasteiger partial charge in [0.1, 0.15) is 0 Å². The number of carbonyl (C=O) groups is 2. The van der Waals surface area contributed by atoms with Crippen molar-refractivity contribution in [1.82, 2.24) is 4.90 Å². The van der Waals surface area contributed by atoms with Crippen LogP contribution >= 0.6 is 0 Å². The Morgan fingerprint density at radius 2 is 1.82 bits per heavy atom. The van der Waals surface area contributed by atoms with E-state index in [1.54, 1.807) is 0 Å². The molecule has 120 valence electrons. The lowest BCUT2D eigenvalue weighted by atomic mass is 9.94. The molecule has 1 unspecified atom stereocenters. The van der Waals surface area contributed by atoms with E-state index in [0.29, 0.717) is 19.3 Å². The van der Waals surface area contributed by atoms with Gasteiger partial charge in [0.05, 0.1) is 5.92 Å². The van der Waals surface area contributed by atoms with Crippen LogP contribution in [0.2, 0.25) is 0 Å². The maximum atomic E-state index is 12.3. The van der Waals surface area contributed by atoms with Gasteiger partial charge in [0.25, 0.3) is 0 Å². The molecule has 1 fully saturated rings. The number of rotatable bonds is 6. The van der Waals surface area contributed by atoms with Gasteiger partial charge in [-0.05, 0) is 44.8 Å². The fourth-order valence-corrected chi connectivity index (χ4v) is 3.03. The van der Waals surface area contributed by atoms with Crippen molar-refractivity contribution in [2.75, 3.05) is 13.1 Å². The molecule has 1 aliphatic rings. The molecule has 0 aromatic heterocycles. The van der Waals surface area contributed by atoms with Crippen molar-refractivity contribution in [2.45, 2.75) is 45.6 Å². The van der Waals surface area contributed by atoms with E-state index >= 15 is 0 Å². The summed E-state index contributed by atoms with van der Waals surface area (Å²) in [7, 11) is 0. The van der Waals surface area contributed by atoms with Gasteiger partial charge >= 0.3 is 5.97 Å². The Balaban J connectivity index is 1.87. The molecule has 0 amide bonds. The van der Waals surface area contributed by atoms with Gasteiger partial charge in [0.2, 0.25) is 0 Å². The molecule has 1 aliphatic heterocycles. The highest BCUT2D eigenvalue weighted by molar-refractivity contribution is 5.96. The SMILES string of the molecule is CCc1ccc(C(=O)CC(C)N2CCC(C(=O)O)CC2)cc1. The number of aryl methyl sites for hydroxylation is 1. The standard InChI is InChI=1S/C18H25NO3/c1-3-14-4-6-15(7-5-14)17(20)12-13(2)19-10-8-16(9-11-19)18(21)22/h4-7,13,16H,3,8-12H2,1-2H3,(H,21,22). The van der Waals surface area contributed by atoms with E-state index < -0.39 is 5.97 Å². The minimum Gasteiger partial charge on any atom is -0.481 e. The largest absolute Gasteiger partial charge is 0.481 e. The van der Waals surface area contributed by atoms with Gasteiger partial charge in [-0.3, -0.25) is 9.59 Å². The van der Waals surface area contributed by atoms with E-state index in [1.165, 1.54) is 5.56 Å². The number of hydrogen-bond acceptors (Lipinski definition) is 3. The van der Waals surface area contributed by atoms with Crippen molar-refractivity contribution in [2.24, 2.45) is 5.92 Å². The highest BCUT2D eigenvalue weighted by atomic mass is 16.4. The summed E-state index contributed by atoms with van der Waals surface area (Å²) in [4.78, 5) is 25.6. The first-order valence-electron chi connectivity index (χ1n) is 8.10. The summed E-state index contributed by atoms with van der Waals surface area (Å²) in [6.07, 6.45) is 2.82. The van der Waals surface area contributed by atoms with E-state index in [-0.39, 0.29) is 17.7 Å². The minimum atomic E-state index is -0.695. The number of hydrogen-bond donors (Lipinski definition) is 1. The van der Waals surface area contributed by atoms with E-state index in [9.17, 15) is 9.59 Å². The van der Waals surface area contributed by atoms with Crippen LogP contribution in [0.5, 0.6) is 0 Å². The van der Waals surface area contributed by atoms with Crippen LogP contribution in [0.4, 0.5) is 0 Å². The number of ketones is 1. The normalized spacial score (nSPS) is 18.1. The molecule has 22 heavy (non-hydrogen) atoms. The van der Waals surface area contributed by atoms with Crippen LogP contribution in [-0.2, 0) is 11.2 Å². The first kappa shape index (κ1) is 16.7. The van der Waals surface area contributed by atoms with Gasteiger partial charge in [0.15, 0.2) is 5.78 Å². The fourth-order valence-electron chi connectivity index (χ4n) is 3.03. The summed E-state index contributed by atoms with van der Waals surface area (Å²) >= 11 is 0. The van der Waals surface area contributed by atoms with Crippen LogP contribution in [-0.4, -0.2) is 40.9 Å². The number of carboxylic acids is 1. The second-order valence-electron chi connectivity index (χ2n) is 6.18. The van der Waals surface area contributed by atoms with Crippen molar-refractivity contribution < 1.29 is 14.7 Å². The maximum Gasteiger partial charge on any atom is 0.306 e. The number of carboxylic acid groups (broad SMARTS) is 1. The zero-order valence-corrected chi connectivity index (χ0v) is 13.4. The van der Waals surface area contributed by atoms with E-state index in [2.05, 4.69) is 18.7 Å². The van der Waals surface area contributed by atoms with Crippen molar-refractivity contribution >= 4 is 11.8 Å². The highest BCUT2D eigenvalue weighted by Crippen LogP contribution is 2.21. The van der Waals surface area contributed by atoms with E-state index in [4.69, 9.17) is 5.11 Å². The monoisotopic (exact) mass is 303 g/mol. The average molecular weight is 303 g/mol. The lowest BCUT2D eigenvalue weighted by Crippen LogP contribution is -2.42. The number of likely N-dealkylation sites (tertiary alicyclic amines) is 1. The third-order valence-corrected chi connectivity index (χ3v) is 4.67. The van der Waals surface area contributed by atoms with Gasteiger partial charge < -0.3 is 10.0 Å². The zero-order chi connectivity index (χ0) is 16.1. The third-order valence-electron chi connectivity index (χ3n) is 4.67. The second-order valence-corrected chi connectivity index (χ2v) is 6.18. The predicted molar refractivity (Wildman–Crippen MR) is 86.2 cm³/mol. The molecule has 1 heterocycles. The molecule has 0 radical (unpaired) electrons. The summed E-state index contributed by atoms with van der Waals surface area (Å²) in [6.45, 7) is 5.68. The first-order chi connectivity index (χ1) is 10.5. The van der Waals surface area contributed by atoms with Gasteiger partial charge in [-0.25, -0.2) is 0 Å². The Kier molecular flexibility index (Phi) is 5.72. The molecule has 1 saturated heterocycles. The molecular weight excluding hydrogens is 278 g/mol. The molecule has 2 rings (SSSR count). The van der Waals surface area contributed by atoms with Crippen LogP contribution in [0.1, 0.15) is 49.0 Å². The van der Waals surface area contributed by atoms with E-state index in [1.807, 2.05) is 24.3 Å². The van der Waals surface area contributed by atoms with Crippen molar-refractivity contribution in [3.05, 3.63) is 35.4 Å². The Hall–Kier alpha value is -1.68. The summed E-state index contributed by atoms with van der Waals surface area (Å²) in [5.41, 5.74) is 2.00. The summed E-state index contributed by atoms with van der Waals surface area (Å²) in [5.74, 6) is -0.754. The highest BCUT2D eigenvalue weighted by Gasteiger charge is 2.27. The molecule has 0 saturated carbocycles. The van der Waals surface area contributed by atoms with Crippen LogP contribution in [0.3, 0.4) is 0 Å². The summed E-state index contributed by atoms with van der Waals surface area (Å²) in [5, 5.41) is 9.03. The molecule has 4 heteroatoms. The fraction of sp³-hybridized carbons (Fsp3) is 0.556.